The predicted octanol–water partition coefficient (Wildman–Crippen LogP) is 3.02. The zero-order valence-electron chi connectivity index (χ0n) is 16.0. The first-order valence-electron chi connectivity index (χ1n) is 9.20. The normalized spacial score (nSPS) is 18.4. The van der Waals surface area contributed by atoms with Crippen LogP contribution in [0.2, 0.25) is 0 Å². The molecule has 0 aromatic heterocycles. The lowest BCUT2D eigenvalue weighted by atomic mass is 10.1. The van der Waals surface area contributed by atoms with Crippen molar-refractivity contribution in [3.8, 4) is 11.5 Å². The molecule has 1 aliphatic carbocycles. The molecule has 0 radical (unpaired) electrons. The molecule has 2 aromatic rings. The number of rotatable bonds is 6. The molecule has 0 aliphatic heterocycles. The second-order valence-corrected chi connectivity index (χ2v) is 6.83. The van der Waals surface area contributed by atoms with Crippen LogP contribution < -0.4 is 25.8 Å². The fourth-order valence-electron chi connectivity index (χ4n) is 3.37. The number of amides is 2. The molecule has 3 rings (SSSR count). The van der Waals surface area contributed by atoms with Crippen LogP contribution in [0.1, 0.15) is 29.6 Å². The fourth-order valence-corrected chi connectivity index (χ4v) is 3.37. The Labute approximate surface area is 164 Å². The summed E-state index contributed by atoms with van der Waals surface area (Å²) in [7, 11) is 3.01. The number of nitrogens with one attached hydrogen (secondary N) is 2. The molecule has 7 heteroatoms. The summed E-state index contributed by atoms with van der Waals surface area (Å²) in [6.07, 6.45) is 2.30. The van der Waals surface area contributed by atoms with Gasteiger partial charge in [-0.1, -0.05) is 18.2 Å². The Bertz CT molecular complexity index is 854. The molecule has 2 aromatic carbocycles. The average molecular weight is 383 g/mol. The van der Waals surface area contributed by atoms with E-state index in [-0.39, 0.29) is 23.8 Å². The van der Waals surface area contributed by atoms with E-state index >= 15 is 0 Å². The molecule has 2 atom stereocenters. The first-order chi connectivity index (χ1) is 13.5. The van der Waals surface area contributed by atoms with E-state index < -0.39 is 0 Å². The van der Waals surface area contributed by atoms with Crippen molar-refractivity contribution in [2.45, 2.75) is 25.3 Å². The summed E-state index contributed by atoms with van der Waals surface area (Å²) in [5, 5.41) is 5.72. The standard InChI is InChI=1S/C21H25N3O4/c1-27-18-12-17(24-21(26)14-8-9-15(22)10-14)19(28-2)11-16(18)23-20(25)13-6-4-3-5-7-13/h3-7,11-12,14-15H,8-10,22H2,1-2H3,(H,23,25)(H,24,26). The lowest BCUT2D eigenvalue weighted by molar-refractivity contribution is -0.119. The minimum Gasteiger partial charge on any atom is -0.494 e. The highest BCUT2D eigenvalue weighted by atomic mass is 16.5. The van der Waals surface area contributed by atoms with E-state index in [1.807, 2.05) is 6.07 Å². The largest absolute Gasteiger partial charge is 0.494 e. The number of methoxy groups -OCH3 is 2. The van der Waals surface area contributed by atoms with Crippen LogP contribution in [0, 0.1) is 5.92 Å². The van der Waals surface area contributed by atoms with Gasteiger partial charge in [0.05, 0.1) is 25.6 Å². The molecule has 4 N–H and O–H groups in total. The zero-order chi connectivity index (χ0) is 20.1. The molecular formula is C21H25N3O4. The van der Waals surface area contributed by atoms with E-state index in [4.69, 9.17) is 15.2 Å². The van der Waals surface area contributed by atoms with Crippen LogP contribution >= 0.6 is 0 Å². The second-order valence-electron chi connectivity index (χ2n) is 6.83. The van der Waals surface area contributed by atoms with E-state index in [1.54, 1.807) is 36.4 Å². The first-order valence-corrected chi connectivity index (χ1v) is 9.20. The van der Waals surface area contributed by atoms with Crippen LogP contribution in [0.5, 0.6) is 11.5 Å². The second kappa shape index (κ2) is 8.75. The molecule has 148 valence electrons. The Morgan fingerprint density at radius 3 is 2.11 bits per heavy atom. The summed E-state index contributed by atoms with van der Waals surface area (Å²) < 4.78 is 10.8. The molecule has 0 bridgehead atoms. The SMILES string of the molecule is COc1cc(NC(=O)C2CCC(N)C2)c(OC)cc1NC(=O)c1ccccc1. The van der Waals surface area contributed by atoms with Gasteiger partial charge in [0.2, 0.25) is 5.91 Å². The maximum atomic E-state index is 12.5. The number of benzene rings is 2. The number of hydrogen-bond donors (Lipinski definition) is 3. The zero-order valence-corrected chi connectivity index (χ0v) is 16.0. The third kappa shape index (κ3) is 4.43. The molecule has 28 heavy (non-hydrogen) atoms. The van der Waals surface area contributed by atoms with Gasteiger partial charge in [-0.25, -0.2) is 0 Å². The lowest BCUT2D eigenvalue weighted by Crippen LogP contribution is -2.23. The Hall–Kier alpha value is -3.06. The molecule has 1 aliphatic rings. The van der Waals surface area contributed by atoms with Gasteiger partial charge in [0.1, 0.15) is 11.5 Å². The van der Waals surface area contributed by atoms with Crippen molar-refractivity contribution >= 4 is 23.2 Å². The highest BCUT2D eigenvalue weighted by molar-refractivity contribution is 6.05. The van der Waals surface area contributed by atoms with Gasteiger partial charge in [0, 0.05) is 29.7 Å². The van der Waals surface area contributed by atoms with Gasteiger partial charge in [-0.15, -0.1) is 0 Å². The van der Waals surface area contributed by atoms with Crippen LogP contribution in [0.25, 0.3) is 0 Å². The molecule has 0 heterocycles. The molecule has 7 nitrogen and oxygen atoms in total. The summed E-state index contributed by atoms with van der Waals surface area (Å²) in [5.41, 5.74) is 7.37. The van der Waals surface area contributed by atoms with Gasteiger partial charge in [0.15, 0.2) is 0 Å². The fraction of sp³-hybridized carbons (Fsp3) is 0.333. The number of anilines is 2. The maximum absolute atomic E-state index is 12.5. The summed E-state index contributed by atoms with van der Waals surface area (Å²) in [6, 6.07) is 12.2. The minimum atomic E-state index is -0.266. The molecule has 0 spiro atoms. The number of hydrogen-bond acceptors (Lipinski definition) is 5. The first kappa shape index (κ1) is 19.7. The quantitative estimate of drug-likeness (QED) is 0.712. The molecule has 2 amide bonds. The highest BCUT2D eigenvalue weighted by Crippen LogP contribution is 2.37. The van der Waals surface area contributed by atoms with Crippen LogP contribution in [0.15, 0.2) is 42.5 Å². The average Bonchev–Trinajstić information content (AvgIpc) is 3.15. The minimum absolute atomic E-state index is 0.0720. The Kier molecular flexibility index (Phi) is 6.16. The number of carbonyl (C=O) groups is 2. The molecule has 1 fully saturated rings. The third-order valence-electron chi connectivity index (χ3n) is 4.91. The number of nitrogens with two attached hydrogens (primary N) is 1. The van der Waals surface area contributed by atoms with Crippen LogP contribution in [-0.2, 0) is 4.79 Å². The van der Waals surface area contributed by atoms with E-state index in [0.29, 0.717) is 34.9 Å². The number of ether oxygens (including phenoxy) is 2. The van der Waals surface area contributed by atoms with Gasteiger partial charge in [-0.2, -0.15) is 0 Å². The summed E-state index contributed by atoms with van der Waals surface area (Å²) in [6.45, 7) is 0. The molecule has 0 saturated heterocycles. The summed E-state index contributed by atoms with van der Waals surface area (Å²) >= 11 is 0. The summed E-state index contributed by atoms with van der Waals surface area (Å²) in [5.74, 6) is 0.388. The van der Waals surface area contributed by atoms with Crippen molar-refractivity contribution in [2.24, 2.45) is 11.7 Å². The monoisotopic (exact) mass is 383 g/mol. The van der Waals surface area contributed by atoms with Crippen molar-refractivity contribution in [2.75, 3.05) is 24.9 Å². The van der Waals surface area contributed by atoms with Crippen molar-refractivity contribution < 1.29 is 19.1 Å². The van der Waals surface area contributed by atoms with Gasteiger partial charge in [-0.3, -0.25) is 9.59 Å². The van der Waals surface area contributed by atoms with E-state index in [9.17, 15) is 9.59 Å². The topological polar surface area (TPSA) is 103 Å². The van der Waals surface area contributed by atoms with Gasteiger partial charge in [0.25, 0.3) is 5.91 Å². The van der Waals surface area contributed by atoms with Crippen molar-refractivity contribution in [3.05, 3.63) is 48.0 Å². The van der Waals surface area contributed by atoms with E-state index in [1.165, 1.54) is 14.2 Å². The van der Waals surface area contributed by atoms with Crippen LogP contribution in [0.4, 0.5) is 11.4 Å². The van der Waals surface area contributed by atoms with Gasteiger partial charge >= 0.3 is 0 Å². The van der Waals surface area contributed by atoms with Crippen LogP contribution in [0.3, 0.4) is 0 Å². The third-order valence-corrected chi connectivity index (χ3v) is 4.91. The van der Waals surface area contributed by atoms with Crippen molar-refractivity contribution in [1.82, 2.24) is 0 Å². The van der Waals surface area contributed by atoms with Gasteiger partial charge < -0.3 is 25.8 Å². The van der Waals surface area contributed by atoms with E-state index in [0.717, 1.165) is 12.8 Å². The number of carbonyl (C=O) groups excluding carboxylic acids is 2. The van der Waals surface area contributed by atoms with Crippen molar-refractivity contribution in [3.63, 3.8) is 0 Å². The Morgan fingerprint density at radius 2 is 1.57 bits per heavy atom. The molecule has 2 unspecified atom stereocenters. The molecular weight excluding hydrogens is 358 g/mol. The smallest absolute Gasteiger partial charge is 0.255 e. The Balaban J connectivity index is 1.81. The Morgan fingerprint density at radius 1 is 0.964 bits per heavy atom. The predicted molar refractivity (Wildman–Crippen MR) is 108 cm³/mol. The van der Waals surface area contributed by atoms with Crippen molar-refractivity contribution in [1.29, 1.82) is 0 Å². The lowest BCUT2D eigenvalue weighted by Gasteiger charge is -2.17. The highest BCUT2D eigenvalue weighted by Gasteiger charge is 2.28. The maximum Gasteiger partial charge on any atom is 0.255 e. The molecule has 1 saturated carbocycles. The summed E-state index contributed by atoms with van der Waals surface area (Å²) in [4.78, 5) is 25.0. The van der Waals surface area contributed by atoms with E-state index in [2.05, 4.69) is 10.6 Å². The van der Waals surface area contributed by atoms with Crippen LogP contribution in [-0.4, -0.2) is 32.1 Å². The van der Waals surface area contributed by atoms with Gasteiger partial charge in [-0.05, 0) is 31.4 Å².